The van der Waals surface area contributed by atoms with Gasteiger partial charge in [0.05, 0.1) is 6.10 Å². The number of aliphatic carboxylic acids is 1. The van der Waals surface area contributed by atoms with Crippen molar-refractivity contribution in [3.8, 4) is 0 Å². The number of carbonyl (C=O) groups is 2. The van der Waals surface area contributed by atoms with Gasteiger partial charge in [0.1, 0.15) is 6.04 Å². The first-order chi connectivity index (χ1) is 9.88. The maximum atomic E-state index is 12.4. The fourth-order valence-corrected chi connectivity index (χ4v) is 2.56. The van der Waals surface area contributed by atoms with Crippen LogP contribution in [-0.4, -0.2) is 64.7 Å². The zero-order chi connectivity index (χ0) is 15.6. The van der Waals surface area contributed by atoms with Crippen LogP contribution in [0.2, 0.25) is 0 Å². The van der Waals surface area contributed by atoms with Crippen LogP contribution < -0.4 is 0 Å². The van der Waals surface area contributed by atoms with Crippen LogP contribution in [-0.2, 0) is 11.3 Å². The summed E-state index contributed by atoms with van der Waals surface area (Å²) in [7, 11) is 3.92. The van der Waals surface area contributed by atoms with Crippen LogP contribution in [0.15, 0.2) is 24.3 Å². The number of β-amino-alcohol motifs (C(OH)–C–C–N with tert-alkyl or cyclic N) is 1. The van der Waals surface area contributed by atoms with Crippen LogP contribution in [0, 0.1) is 0 Å². The lowest BCUT2D eigenvalue weighted by Gasteiger charge is -2.21. The summed E-state index contributed by atoms with van der Waals surface area (Å²) in [6, 6.07) is 6.16. The van der Waals surface area contributed by atoms with Gasteiger partial charge in [-0.05, 0) is 31.8 Å². The van der Waals surface area contributed by atoms with Gasteiger partial charge in [-0.1, -0.05) is 12.1 Å². The van der Waals surface area contributed by atoms with Crippen molar-refractivity contribution in [1.82, 2.24) is 9.80 Å². The van der Waals surface area contributed by atoms with E-state index >= 15 is 0 Å². The first kappa shape index (κ1) is 15.5. The molecule has 6 nitrogen and oxygen atoms in total. The summed E-state index contributed by atoms with van der Waals surface area (Å²) in [4.78, 5) is 26.8. The van der Waals surface area contributed by atoms with Gasteiger partial charge in [-0.2, -0.15) is 0 Å². The number of nitrogens with zero attached hydrogens (tertiary/aromatic N) is 2. The predicted octanol–water partition coefficient (Wildman–Crippen LogP) is 0.408. The summed E-state index contributed by atoms with van der Waals surface area (Å²) >= 11 is 0. The predicted molar refractivity (Wildman–Crippen MR) is 76.9 cm³/mol. The molecule has 1 amide bonds. The van der Waals surface area contributed by atoms with Crippen LogP contribution in [0.25, 0.3) is 0 Å². The Hall–Kier alpha value is -1.92. The van der Waals surface area contributed by atoms with Crippen molar-refractivity contribution in [3.63, 3.8) is 0 Å². The van der Waals surface area contributed by atoms with Crippen LogP contribution >= 0.6 is 0 Å². The van der Waals surface area contributed by atoms with Gasteiger partial charge in [-0.15, -0.1) is 0 Å². The highest BCUT2D eigenvalue weighted by atomic mass is 16.4. The zero-order valence-corrected chi connectivity index (χ0v) is 12.2. The fraction of sp³-hybridized carbons (Fsp3) is 0.467. The third-order valence-corrected chi connectivity index (χ3v) is 3.52. The van der Waals surface area contributed by atoms with E-state index in [4.69, 9.17) is 5.11 Å². The van der Waals surface area contributed by atoms with E-state index in [-0.39, 0.29) is 18.9 Å². The molecule has 1 aliphatic rings. The number of hydrogen-bond acceptors (Lipinski definition) is 4. The SMILES string of the molecule is CN(C)Cc1ccc(C(=O)N2C[C@@H](O)C[C@H]2C(=O)O)cc1. The third-order valence-electron chi connectivity index (χ3n) is 3.52. The monoisotopic (exact) mass is 292 g/mol. The molecule has 1 aliphatic heterocycles. The smallest absolute Gasteiger partial charge is 0.326 e. The highest BCUT2D eigenvalue weighted by Gasteiger charge is 2.39. The molecule has 2 atom stereocenters. The molecule has 6 heteroatoms. The summed E-state index contributed by atoms with van der Waals surface area (Å²) < 4.78 is 0. The Bertz CT molecular complexity index is 527. The second-order valence-electron chi connectivity index (χ2n) is 5.64. The standard InChI is InChI=1S/C15H20N2O4/c1-16(2)8-10-3-5-11(6-4-10)14(19)17-9-12(18)7-13(17)15(20)21/h3-6,12-13,18H,7-9H2,1-2H3,(H,20,21)/t12-,13-/m0/s1. The van der Waals surface area contributed by atoms with Gasteiger partial charge in [0, 0.05) is 25.1 Å². The van der Waals surface area contributed by atoms with E-state index < -0.39 is 18.1 Å². The van der Waals surface area contributed by atoms with Gasteiger partial charge in [-0.25, -0.2) is 4.79 Å². The van der Waals surface area contributed by atoms with E-state index in [1.165, 1.54) is 4.90 Å². The van der Waals surface area contributed by atoms with Crippen LogP contribution in [0.3, 0.4) is 0 Å². The maximum Gasteiger partial charge on any atom is 0.326 e. The number of amides is 1. The molecule has 1 saturated heterocycles. The van der Waals surface area contributed by atoms with Crippen molar-refractivity contribution in [1.29, 1.82) is 0 Å². The van der Waals surface area contributed by atoms with Crippen molar-refractivity contribution in [2.75, 3.05) is 20.6 Å². The van der Waals surface area contributed by atoms with E-state index in [9.17, 15) is 14.7 Å². The first-order valence-electron chi connectivity index (χ1n) is 6.84. The molecular formula is C15H20N2O4. The minimum atomic E-state index is -1.08. The molecule has 2 rings (SSSR count). The number of rotatable bonds is 4. The highest BCUT2D eigenvalue weighted by molar-refractivity contribution is 5.97. The number of carboxylic acids is 1. The van der Waals surface area contributed by atoms with Crippen LogP contribution in [0.4, 0.5) is 0 Å². The normalized spacial score (nSPS) is 21.8. The van der Waals surface area contributed by atoms with Gasteiger partial charge in [-0.3, -0.25) is 4.79 Å². The van der Waals surface area contributed by atoms with E-state index in [1.807, 2.05) is 31.1 Å². The summed E-state index contributed by atoms with van der Waals surface area (Å²) in [5.74, 6) is -1.43. The number of hydrogen-bond donors (Lipinski definition) is 2. The Labute approximate surface area is 123 Å². The summed E-state index contributed by atoms with van der Waals surface area (Å²) in [6.07, 6.45) is -0.692. The van der Waals surface area contributed by atoms with E-state index in [0.717, 1.165) is 12.1 Å². The van der Waals surface area contributed by atoms with Crippen LogP contribution in [0.1, 0.15) is 22.3 Å². The molecule has 1 aromatic carbocycles. The Morgan fingerprint density at radius 1 is 1.29 bits per heavy atom. The number of likely N-dealkylation sites (tertiary alicyclic amines) is 1. The molecule has 21 heavy (non-hydrogen) atoms. The minimum Gasteiger partial charge on any atom is -0.480 e. The van der Waals surface area contributed by atoms with Crippen molar-refractivity contribution in [2.45, 2.75) is 25.1 Å². The molecule has 0 aliphatic carbocycles. The Kier molecular flexibility index (Phi) is 4.59. The molecule has 0 saturated carbocycles. The molecule has 1 aromatic rings. The summed E-state index contributed by atoms with van der Waals surface area (Å²) in [5.41, 5.74) is 1.52. The van der Waals surface area contributed by atoms with E-state index in [1.54, 1.807) is 12.1 Å². The number of carbonyl (C=O) groups excluding carboxylic acids is 1. The number of benzene rings is 1. The number of aliphatic hydroxyl groups is 1. The largest absolute Gasteiger partial charge is 0.480 e. The van der Waals surface area contributed by atoms with Gasteiger partial charge >= 0.3 is 5.97 Å². The lowest BCUT2D eigenvalue weighted by Crippen LogP contribution is -2.40. The van der Waals surface area contributed by atoms with E-state index in [0.29, 0.717) is 5.56 Å². The minimum absolute atomic E-state index is 0.0647. The Balaban J connectivity index is 2.14. The fourth-order valence-electron chi connectivity index (χ4n) is 2.56. The molecule has 0 spiro atoms. The number of aliphatic hydroxyl groups excluding tert-OH is 1. The lowest BCUT2D eigenvalue weighted by molar-refractivity contribution is -0.141. The molecule has 2 N–H and O–H groups in total. The highest BCUT2D eigenvalue weighted by Crippen LogP contribution is 2.21. The van der Waals surface area contributed by atoms with Gasteiger partial charge in [0.15, 0.2) is 0 Å². The number of carboxylic acid groups (broad SMARTS) is 1. The molecule has 1 heterocycles. The quantitative estimate of drug-likeness (QED) is 0.840. The Morgan fingerprint density at radius 2 is 1.90 bits per heavy atom. The molecule has 0 radical (unpaired) electrons. The van der Waals surface area contributed by atoms with Crippen molar-refractivity contribution in [2.24, 2.45) is 0 Å². The average Bonchev–Trinajstić information content (AvgIpc) is 2.80. The topological polar surface area (TPSA) is 81.1 Å². The van der Waals surface area contributed by atoms with Gasteiger partial charge in [0.2, 0.25) is 0 Å². The molecule has 1 fully saturated rings. The van der Waals surface area contributed by atoms with Crippen molar-refractivity contribution < 1.29 is 19.8 Å². The second-order valence-corrected chi connectivity index (χ2v) is 5.64. The first-order valence-corrected chi connectivity index (χ1v) is 6.84. The lowest BCUT2D eigenvalue weighted by atomic mass is 10.1. The molecule has 0 unspecified atom stereocenters. The maximum absolute atomic E-state index is 12.4. The second kappa shape index (κ2) is 6.24. The molecule has 114 valence electrons. The van der Waals surface area contributed by atoms with Crippen LogP contribution in [0.5, 0.6) is 0 Å². The summed E-state index contributed by atoms with van der Waals surface area (Å²) in [6.45, 7) is 0.837. The van der Waals surface area contributed by atoms with E-state index in [2.05, 4.69) is 0 Å². The van der Waals surface area contributed by atoms with Gasteiger partial charge < -0.3 is 20.0 Å². The van der Waals surface area contributed by atoms with Crippen molar-refractivity contribution in [3.05, 3.63) is 35.4 Å². The van der Waals surface area contributed by atoms with Gasteiger partial charge in [0.25, 0.3) is 5.91 Å². The third kappa shape index (κ3) is 3.59. The average molecular weight is 292 g/mol. The molecule has 0 bridgehead atoms. The van der Waals surface area contributed by atoms with Crippen molar-refractivity contribution >= 4 is 11.9 Å². The molecule has 0 aromatic heterocycles. The molecular weight excluding hydrogens is 272 g/mol. The Morgan fingerprint density at radius 3 is 2.43 bits per heavy atom. The summed E-state index contributed by atoms with van der Waals surface area (Å²) in [5, 5.41) is 18.7. The zero-order valence-electron chi connectivity index (χ0n) is 12.2.